The van der Waals surface area contributed by atoms with Gasteiger partial charge in [0, 0.05) is 13.7 Å². The molecule has 0 aliphatic carbocycles. The summed E-state index contributed by atoms with van der Waals surface area (Å²) >= 11 is 0. The van der Waals surface area contributed by atoms with Crippen LogP contribution in [-0.2, 0) is 20.5 Å². The normalized spacial score (nSPS) is 17.1. The first-order valence-electron chi connectivity index (χ1n) is 8.28. The number of benzene rings is 1. The molecule has 11 heteroatoms. The molecule has 1 unspecified atom stereocenters. The molecular formula is C17H22ClF3N2O5. The molecule has 1 aromatic rings. The zero-order valence-electron chi connectivity index (χ0n) is 15.1. The predicted molar refractivity (Wildman–Crippen MR) is 96.9 cm³/mol. The molecule has 0 bridgehead atoms. The molecule has 1 aromatic carbocycles. The zero-order valence-corrected chi connectivity index (χ0v) is 15.9. The monoisotopic (exact) mass is 426 g/mol. The van der Waals surface area contributed by atoms with Gasteiger partial charge in [-0.05, 0) is 31.2 Å². The van der Waals surface area contributed by atoms with Gasteiger partial charge >= 0.3 is 12.1 Å². The summed E-state index contributed by atoms with van der Waals surface area (Å²) in [7, 11) is 1.46. The van der Waals surface area contributed by atoms with Crippen molar-refractivity contribution in [3.05, 3.63) is 23.8 Å². The van der Waals surface area contributed by atoms with Crippen molar-refractivity contribution in [3.8, 4) is 5.75 Å². The number of carboxylic acids is 1. The molecule has 0 saturated carbocycles. The SMILES string of the molecule is COCCOc1ccc(C(F)(F)F)cc1NC(=O)CN1CCC(C(=O)O)C1.Cl. The molecule has 1 heterocycles. The van der Waals surface area contributed by atoms with Gasteiger partial charge in [-0.2, -0.15) is 13.2 Å². The van der Waals surface area contributed by atoms with Gasteiger partial charge in [-0.25, -0.2) is 0 Å². The third-order valence-corrected chi connectivity index (χ3v) is 4.11. The Morgan fingerprint density at radius 3 is 2.61 bits per heavy atom. The Bertz CT molecular complexity index is 687. The lowest BCUT2D eigenvalue weighted by molar-refractivity contribution is -0.141. The lowest BCUT2D eigenvalue weighted by Crippen LogP contribution is -2.32. The summed E-state index contributed by atoms with van der Waals surface area (Å²) in [4.78, 5) is 24.8. The Morgan fingerprint density at radius 1 is 1.32 bits per heavy atom. The van der Waals surface area contributed by atoms with Crippen molar-refractivity contribution in [1.29, 1.82) is 0 Å². The van der Waals surface area contributed by atoms with Crippen LogP contribution < -0.4 is 10.1 Å². The number of rotatable bonds is 8. The second-order valence-corrected chi connectivity index (χ2v) is 6.16. The molecule has 1 fully saturated rings. The molecule has 158 valence electrons. The number of hydrogen-bond donors (Lipinski definition) is 2. The Kier molecular flexibility index (Phi) is 8.99. The first-order chi connectivity index (χ1) is 12.7. The highest BCUT2D eigenvalue weighted by atomic mass is 35.5. The highest BCUT2D eigenvalue weighted by molar-refractivity contribution is 5.94. The molecule has 1 atom stereocenters. The van der Waals surface area contributed by atoms with Crippen LogP contribution in [0.25, 0.3) is 0 Å². The average molecular weight is 427 g/mol. The topological polar surface area (TPSA) is 88.1 Å². The molecule has 7 nitrogen and oxygen atoms in total. The van der Waals surface area contributed by atoms with E-state index < -0.39 is 29.5 Å². The number of carboxylic acid groups (broad SMARTS) is 1. The Hall–Kier alpha value is -2.04. The first-order valence-corrected chi connectivity index (χ1v) is 8.28. The zero-order chi connectivity index (χ0) is 20.0. The van der Waals surface area contributed by atoms with Crippen molar-refractivity contribution in [2.75, 3.05) is 45.3 Å². The molecule has 2 rings (SSSR count). The van der Waals surface area contributed by atoms with E-state index in [2.05, 4.69) is 5.32 Å². The van der Waals surface area contributed by atoms with E-state index in [-0.39, 0.29) is 50.1 Å². The lowest BCUT2D eigenvalue weighted by atomic mass is 10.1. The highest BCUT2D eigenvalue weighted by Crippen LogP contribution is 2.35. The number of anilines is 1. The molecule has 0 aromatic heterocycles. The van der Waals surface area contributed by atoms with Gasteiger partial charge in [-0.3, -0.25) is 14.5 Å². The smallest absolute Gasteiger partial charge is 0.416 e. The van der Waals surface area contributed by atoms with Gasteiger partial charge in [0.25, 0.3) is 0 Å². The Morgan fingerprint density at radius 2 is 2.04 bits per heavy atom. The summed E-state index contributed by atoms with van der Waals surface area (Å²) in [5.74, 6) is -1.92. The maximum absolute atomic E-state index is 13.0. The van der Waals surface area contributed by atoms with Crippen LogP contribution in [0.4, 0.5) is 18.9 Å². The minimum absolute atomic E-state index is 0. The van der Waals surface area contributed by atoms with Gasteiger partial charge in [0.15, 0.2) is 0 Å². The number of alkyl halides is 3. The van der Waals surface area contributed by atoms with Crippen molar-refractivity contribution in [3.63, 3.8) is 0 Å². The first kappa shape index (κ1) is 24.0. The molecule has 2 N–H and O–H groups in total. The Balaban J connectivity index is 0.00000392. The number of halogens is 4. The summed E-state index contributed by atoms with van der Waals surface area (Å²) in [6.45, 7) is 0.889. The van der Waals surface area contributed by atoms with Crippen LogP contribution in [0.5, 0.6) is 5.75 Å². The van der Waals surface area contributed by atoms with E-state index in [0.717, 1.165) is 18.2 Å². The second kappa shape index (κ2) is 10.5. The van der Waals surface area contributed by atoms with Gasteiger partial charge in [-0.15, -0.1) is 12.4 Å². The molecule has 1 saturated heterocycles. The standard InChI is InChI=1S/C17H21F3N2O5.ClH/c1-26-6-7-27-14-3-2-12(17(18,19)20)8-13(14)21-15(23)10-22-5-4-11(9-22)16(24)25;/h2-3,8,11H,4-7,9-10H2,1H3,(H,21,23)(H,24,25);1H. The summed E-state index contributed by atoms with van der Waals surface area (Å²) < 4.78 is 49.1. The third-order valence-electron chi connectivity index (χ3n) is 4.11. The number of nitrogens with zero attached hydrogens (tertiary/aromatic N) is 1. The Labute approximate surface area is 166 Å². The fraction of sp³-hybridized carbons (Fsp3) is 0.529. The summed E-state index contributed by atoms with van der Waals surface area (Å²) in [6.07, 6.45) is -4.13. The number of ether oxygens (including phenoxy) is 2. The highest BCUT2D eigenvalue weighted by Gasteiger charge is 2.32. The van der Waals surface area contributed by atoms with Crippen molar-refractivity contribution in [1.82, 2.24) is 4.90 Å². The van der Waals surface area contributed by atoms with Crippen LogP contribution >= 0.6 is 12.4 Å². The van der Waals surface area contributed by atoms with Gasteiger partial charge in [0.05, 0.1) is 30.3 Å². The predicted octanol–water partition coefficient (Wildman–Crippen LogP) is 2.50. The molecule has 1 aliphatic heterocycles. The minimum atomic E-state index is -4.56. The number of likely N-dealkylation sites (tertiary alicyclic amines) is 1. The lowest BCUT2D eigenvalue weighted by Gasteiger charge is -2.18. The summed E-state index contributed by atoms with van der Waals surface area (Å²) in [5.41, 5.74) is -1.01. The molecule has 1 amide bonds. The third kappa shape index (κ3) is 6.84. The van der Waals surface area contributed by atoms with Crippen LogP contribution in [0.1, 0.15) is 12.0 Å². The van der Waals surface area contributed by atoms with Gasteiger partial charge in [0.1, 0.15) is 12.4 Å². The maximum atomic E-state index is 13.0. The molecule has 28 heavy (non-hydrogen) atoms. The number of aliphatic carboxylic acids is 1. The number of methoxy groups -OCH3 is 1. The van der Waals surface area contributed by atoms with Gasteiger partial charge in [-0.1, -0.05) is 0 Å². The van der Waals surface area contributed by atoms with E-state index in [1.54, 1.807) is 4.90 Å². The van der Waals surface area contributed by atoms with Crippen LogP contribution in [0.15, 0.2) is 18.2 Å². The van der Waals surface area contributed by atoms with Crippen molar-refractivity contribution in [2.24, 2.45) is 5.92 Å². The second-order valence-electron chi connectivity index (χ2n) is 6.16. The van der Waals surface area contributed by atoms with Gasteiger partial charge in [0.2, 0.25) is 5.91 Å². The molecule has 0 radical (unpaired) electrons. The van der Waals surface area contributed by atoms with E-state index in [4.69, 9.17) is 14.6 Å². The number of carbonyl (C=O) groups excluding carboxylic acids is 1. The fourth-order valence-electron chi connectivity index (χ4n) is 2.74. The summed E-state index contributed by atoms with van der Waals surface area (Å²) in [6, 6.07) is 2.82. The van der Waals surface area contributed by atoms with Crippen molar-refractivity contribution >= 4 is 30.0 Å². The van der Waals surface area contributed by atoms with Crippen LogP contribution in [0.2, 0.25) is 0 Å². The van der Waals surface area contributed by atoms with E-state index in [9.17, 15) is 22.8 Å². The number of carbonyl (C=O) groups is 2. The maximum Gasteiger partial charge on any atom is 0.416 e. The number of amides is 1. The van der Waals surface area contributed by atoms with E-state index in [1.807, 2.05) is 0 Å². The van der Waals surface area contributed by atoms with Crippen LogP contribution in [0.3, 0.4) is 0 Å². The van der Waals surface area contributed by atoms with Gasteiger partial charge < -0.3 is 19.9 Å². The van der Waals surface area contributed by atoms with E-state index in [1.165, 1.54) is 7.11 Å². The van der Waals surface area contributed by atoms with Crippen LogP contribution in [0, 0.1) is 5.92 Å². The van der Waals surface area contributed by atoms with Crippen LogP contribution in [-0.4, -0.2) is 61.8 Å². The molecule has 1 aliphatic rings. The van der Waals surface area contributed by atoms with E-state index >= 15 is 0 Å². The molecule has 0 spiro atoms. The number of nitrogens with one attached hydrogen (secondary N) is 1. The van der Waals surface area contributed by atoms with E-state index in [0.29, 0.717) is 13.0 Å². The van der Waals surface area contributed by atoms with Crippen molar-refractivity contribution in [2.45, 2.75) is 12.6 Å². The fourth-order valence-corrected chi connectivity index (χ4v) is 2.74. The largest absolute Gasteiger partial charge is 0.489 e. The number of hydrogen-bond acceptors (Lipinski definition) is 5. The molecular weight excluding hydrogens is 405 g/mol. The quantitative estimate of drug-likeness (QED) is 0.621. The average Bonchev–Trinajstić information content (AvgIpc) is 3.04. The minimum Gasteiger partial charge on any atom is -0.489 e. The van der Waals surface area contributed by atoms with Crippen molar-refractivity contribution < 1.29 is 37.3 Å². The summed E-state index contributed by atoms with van der Waals surface area (Å²) in [5, 5.41) is 11.4.